The minimum atomic E-state index is -0.851. The van der Waals surface area contributed by atoms with Gasteiger partial charge in [0.2, 0.25) is 11.1 Å². The summed E-state index contributed by atoms with van der Waals surface area (Å²) >= 11 is 5.88. The van der Waals surface area contributed by atoms with Crippen LogP contribution in [0.1, 0.15) is 16.2 Å². The molecule has 0 atom stereocenters. The lowest BCUT2D eigenvalue weighted by molar-refractivity contribution is 0.0439. The zero-order chi connectivity index (χ0) is 20.1. The van der Waals surface area contributed by atoms with Gasteiger partial charge in [-0.05, 0) is 55.5 Å². The number of hydrogen-bond acceptors (Lipinski definition) is 5. The summed E-state index contributed by atoms with van der Waals surface area (Å²) in [6, 6.07) is 13.6. The molecule has 8 heteroatoms. The van der Waals surface area contributed by atoms with Crippen LogP contribution in [0.2, 0.25) is 5.02 Å². The van der Waals surface area contributed by atoms with Crippen LogP contribution in [0.3, 0.4) is 0 Å². The first kappa shape index (κ1) is 19.6. The molecular weight excluding hydrogens is 387 g/mol. The Morgan fingerprint density at radius 3 is 2.46 bits per heavy atom. The van der Waals surface area contributed by atoms with Crippen molar-refractivity contribution in [2.75, 3.05) is 13.2 Å². The van der Waals surface area contributed by atoms with E-state index >= 15 is 0 Å². The second-order valence-corrected chi connectivity index (χ2v) is 6.26. The lowest BCUT2D eigenvalue weighted by Crippen LogP contribution is -2.25. The fourth-order valence-corrected chi connectivity index (χ4v) is 2.55. The summed E-state index contributed by atoms with van der Waals surface area (Å²) in [6.45, 7) is 1.66. The minimum absolute atomic E-state index is 0.0502. The van der Waals surface area contributed by atoms with Crippen LogP contribution >= 0.6 is 11.6 Å². The molecule has 3 rings (SSSR count). The highest BCUT2D eigenvalue weighted by atomic mass is 35.5. The van der Waals surface area contributed by atoms with E-state index in [1.165, 1.54) is 35.0 Å². The van der Waals surface area contributed by atoms with Crippen LogP contribution in [0.5, 0.6) is 5.75 Å². The molecule has 0 bridgehead atoms. The molecular formula is C20H16ClFN2O4. The van der Waals surface area contributed by atoms with Gasteiger partial charge in [-0.3, -0.25) is 4.79 Å². The number of carbonyl (C=O) groups is 1. The van der Waals surface area contributed by atoms with Gasteiger partial charge in [0.05, 0.1) is 5.69 Å². The molecule has 0 aliphatic carbocycles. The molecule has 0 radical (unpaired) electrons. The smallest absolute Gasteiger partial charge is 0.363 e. The number of benzene rings is 2. The van der Waals surface area contributed by atoms with Crippen LogP contribution in [-0.2, 0) is 4.74 Å². The topological polar surface area (TPSA) is 70.4 Å². The first-order chi connectivity index (χ1) is 13.4. The van der Waals surface area contributed by atoms with Gasteiger partial charge in [-0.15, -0.1) is 0 Å². The maximum atomic E-state index is 12.8. The van der Waals surface area contributed by atoms with Crippen molar-refractivity contribution in [3.63, 3.8) is 0 Å². The molecule has 0 aliphatic heterocycles. The average molecular weight is 403 g/mol. The predicted octanol–water partition coefficient (Wildman–Crippen LogP) is 3.57. The quantitative estimate of drug-likeness (QED) is 0.465. The van der Waals surface area contributed by atoms with Crippen molar-refractivity contribution in [1.82, 2.24) is 9.78 Å². The summed E-state index contributed by atoms with van der Waals surface area (Å²) in [5.41, 5.74) is 0.341. The Balaban J connectivity index is 1.67. The normalized spacial score (nSPS) is 10.5. The van der Waals surface area contributed by atoms with E-state index in [1.54, 1.807) is 31.2 Å². The Hall–Kier alpha value is -3.19. The van der Waals surface area contributed by atoms with E-state index in [4.69, 9.17) is 21.1 Å². The monoisotopic (exact) mass is 402 g/mol. The molecule has 144 valence electrons. The van der Waals surface area contributed by atoms with Gasteiger partial charge in [0.25, 0.3) is 0 Å². The number of rotatable bonds is 6. The number of halogens is 2. The summed E-state index contributed by atoms with van der Waals surface area (Å²) < 4.78 is 24.7. The van der Waals surface area contributed by atoms with Crippen molar-refractivity contribution in [3.05, 3.63) is 87.0 Å². The van der Waals surface area contributed by atoms with Crippen molar-refractivity contribution in [2.45, 2.75) is 6.92 Å². The Morgan fingerprint density at radius 1 is 1.11 bits per heavy atom. The van der Waals surface area contributed by atoms with Crippen LogP contribution in [-0.4, -0.2) is 29.0 Å². The maximum Gasteiger partial charge on any atom is 0.363 e. The summed E-state index contributed by atoms with van der Waals surface area (Å²) in [4.78, 5) is 24.4. The standard InChI is InChI=1S/C20H16ClFN2O4/c1-13-12-18(25)19(23-24(13)16-6-2-14(21)3-7-16)20(26)28-11-10-27-17-8-4-15(22)5-9-17/h2-9,12H,10-11H2,1H3. The number of ether oxygens (including phenoxy) is 2. The number of aryl methyl sites for hydroxylation is 1. The molecule has 0 saturated heterocycles. The lowest BCUT2D eigenvalue weighted by Gasteiger charge is -2.11. The van der Waals surface area contributed by atoms with Crippen molar-refractivity contribution in [3.8, 4) is 11.4 Å². The second kappa shape index (κ2) is 8.67. The Bertz CT molecular complexity index is 1030. The first-order valence-corrected chi connectivity index (χ1v) is 8.74. The van der Waals surface area contributed by atoms with Gasteiger partial charge in [-0.1, -0.05) is 11.6 Å². The Labute approximate surface area is 165 Å². The zero-order valence-electron chi connectivity index (χ0n) is 14.9. The van der Waals surface area contributed by atoms with E-state index in [2.05, 4.69) is 5.10 Å². The fraction of sp³-hybridized carbons (Fsp3) is 0.150. The molecule has 28 heavy (non-hydrogen) atoms. The maximum absolute atomic E-state index is 12.8. The second-order valence-electron chi connectivity index (χ2n) is 5.83. The third kappa shape index (κ3) is 4.75. The Kier molecular flexibility index (Phi) is 6.06. The third-order valence-corrected chi connectivity index (χ3v) is 4.02. The molecule has 0 spiro atoms. The van der Waals surface area contributed by atoms with Gasteiger partial charge < -0.3 is 9.47 Å². The van der Waals surface area contributed by atoms with Crippen LogP contribution < -0.4 is 10.2 Å². The van der Waals surface area contributed by atoms with Gasteiger partial charge >= 0.3 is 5.97 Å². The van der Waals surface area contributed by atoms with Crippen molar-refractivity contribution >= 4 is 17.6 Å². The molecule has 0 aliphatic rings. The van der Waals surface area contributed by atoms with E-state index in [9.17, 15) is 14.0 Å². The van der Waals surface area contributed by atoms with Crippen LogP contribution in [0.25, 0.3) is 5.69 Å². The van der Waals surface area contributed by atoms with Gasteiger partial charge in [0.1, 0.15) is 24.8 Å². The molecule has 0 amide bonds. The van der Waals surface area contributed by atoms with E-state index in [-0.39, 0.29) is 24.7 Å². The molecule has 3 aromatic rings. The molecule has 6 nitrogen and oxygen atoms in total. The number of carbonyl (C=O) groups excluding carboxylic acids is 1. The molecule has 0 saturated carbocycles. The van der Waals surface area contributed by atoms with Crippen LogP contribution in [0.15, 0.2) is 59.4 Å². The predicted molar refractivity (Wildman–Crippen MR) is 102 cm³/mol. The third-order valence-electron chi connectivity index (χ3n) is 3.77. The SMILES string of the molecule is Cc1cc(=O)c(C(=O)OCCOc2ccc(F)cc2)nn1-c1ccc(Cl)cc1. The first-order valence-electron chi connectivity index (χ1n) is 8.36. The number of aromatic nitrogens is 2. The molecule has 2 aromatic carbocycles. The summed E-state index contributed by atoms with van der Waals surface area (Å²) in [5.74, 6) is -0.785. The summed E-state index contributed by atoms with van der Waals surface area (Å²) in [5, 5.41) is 4.68. The molecule has 1 aromatic heterocycles. The number of esters is 1. The minimum Gasteiger partial charge on any atom is -0.490 e. The van der Waals surface area contributed by atoms with E-state index in [1.807, 2.05) is 0 Å². The lowest BCUT2D eigenvalue weighted by atomic mass is 10.3. The summed E-state index contributed by atoms with van der Waals surface area (Å²) in [7, 11) is 0. The molecule has 1 heterocycles. The van der Waals surface area contributed by atoms with E-state index < -0.39 is 11.4 Å². The van der Waals surface area contributed by atoms with Crippen molar-refractivity contribution < 1.29 is 18.7 Å². The largest absolute Gasteiger partial charge is 0.490 e. The molecule has 0 N–H and O–H groups in total. The summed E-state index contributed by atoms with van der Waals surface area (Å²) in [6.07, 6.45) is 0. The van der Waals surface area contributed by atoms with Gasteiger partial charge in [0.15, 0.2) is 0 Å². The van der Waals surface area contributed by atoms with Gasteiger partial charge in [-0.2, -0.15) is 5.10 Å². The molecule has 0 fully saturated rings. The van der Waals surface area contributed by atoms with Crippen LogP contribution in [0, 0.1) is 12.7 Å². The fourth-order valence-electron chi connectivity index (χ4n) is 2.43. The van der Waals surface area contributed by atoms with Gasteiger partial charge in [0, 0.05) is 16.8 Å². The highest BCUT2D eigenvalue weighted by Gasteiger charge is 2.17. The van der Waals surface area contributed by atoms with Crippen molar-refractivity contribution in [1.29, 1.82) is 0 Å². The van der Waals surface area contributed by atoms with Crippen LogP contribution in [0.4, 0.5) is 4.39 Å². The zero-order valence-corrected chi connectivity index (χ0v) is 15.6. The average Bonchev–Trinajstić information content (AvgIpc) is 2.67. The highest BCUT2D eigenvalue weighted by Crippen LogP contribution is 2.14. The van der Waals surface area contributed by atoms with Crippen molar-refractivity contribution in [2.24, 2.45) is 0 Å². The Morgan fingerprint density at radius 2 is 1.79 bits per heavy atom. The van der Waals surface area contributed by atoms with E-state index in [0.717, 1.165) is 0 Å². The highest BCUT2D eigenvalue weighted by molar-refractivity contribution is 6.30. The number of nitrogens with zero attached hydrogens (tertiary/aromatic N) is 2. The van der Waals surface area contributed by atoms with E-state index in [0.29, 0.717) is 22.2 Å². The molecule has 0 unspecified atom stereocenters. The number of hydrogen-bond donors (Lipinski definition) is 0. The van der Waals surface area contributed by atoms with Gasteiger partial charge in [-0.25, -0.2) is 13.9 Å².